The topological polar surface area (TPSA) is 39.2 Å². The van der Waals surface area contributed by atoms with E-state index in [4.69, 9.17) is 39.5 Å². The van der Waals surface area contributed by atoms with Crippen LogP contribution in [0, 0.1) is 0 Å². The fraction of sp³-hybridized carbons (Fsp3) is 0.143. The van der Waals surface area contributed by atoms with E-state index in [0.717, 1.165) is 5.39 Å². The first-order chi connectivity index (χ1) is 9.43. The fourth-order valence-electron chi connectivity index (χ4n) is 1.70. The Balaban J connectivity index is 2.60. The van der Waals surface area contributed by atoms with Crippen molar-refractivity contribution in [1.82, 2.24) is 4.98 Å². The number of rotatable bonds is 3. The summed E-state index contributed by atoms with van der Waals surface area (Å²) in [5, 5.41) is 0.760. The lowest BCUT2D eigenvalue weighted by molar-refractivity contribution is 0.0548. The van der Waals surface area contributed by atoms with E-state index < -0.39 is 9.76 Å². The molecule has 0 unspecified atom stereocenters. The van der Waals surface area contributed by atoms with Gasteiger partial charge in [-0.1, -0.05) is 65.7 Å². The molecule has 0 saturated heterocycles. The van der Waals surface area contributed by atoms with Crippen LogP contribution >= 0.6 is 34.8 Å². The van der Waals surface area contributed by atoms with Gasteiger partial charge in [-0.2, -0.15) is 0 Å². The second-order valence-corrected chi connectivity index (χ2v) is 6.24. The summed E-state index contributed by atoms with van der Waals surface area (Å²) in [5.74, 6) is -0.607. The smallest absolute Gasteiger partial charge is 0.340 e. The molecule has 1 aromatic carbocycles. The van der Waals surface area contributed by atoms with Crippen LogP contribution in [-0.2, 0) is 8.53 Å². The predicted octanol–water partition coefficient (Wildman–Crippen LogP) is 4.40. The van der Waals surface area contributed by atoms with Gasteiger partial charge in [-0.3, -0.25) is 0 Å². The van der Waals surface area contributed by atoms with Crippen molar-refractivity contribution in [3.05, 3.63) is 54.2 Å². The molecule has 0 spiro atoms. The van der Waals surface area contributed by atoms with Crippen molar-refractivity contribution in [2.45, 2.75) is 3.79 Å². The van der Waals surface area contributed by atoms with Crippen molar-refractivity contribution in [1.29, 1.82) is 0 Å². The van der Waals surface area contributed by atoms with Gasteiger partial charge >= 0.3 is 5.97 Å². The first kappa shape index (κ1) is 15.1. The molecule has 0 bridgehead atoms. The summed E-state index contributed by atoms with van der Waals surface area (Å²) in [7, 11) is 0. The highest BCUT2D eigenvalue weighted by molar-refractivity contribution is 6.66. The first-order valence-electron chi connectivity index (χ1n) is 5.68. The monoisotopic (exact) mass is 329 g/mol. The largest absolute Gasteiger partial charge is 0.458 e. The summed E-state index contributed by atoms with van der Waals surface area (Å²) in [6, 6.07) is 8.83. The molecule has 104 valence electrons. The van der Waals surface area contributed by atoms with Crippen LogP contribution < -0.4 is 0 Å². The van der Waals surface area contributed by atoms with E-state index in [-0.39, 0.29) is 17.9 Å². The van der Waals surface area contributed by atoms with Gasteiger partial charge < -0.3 is 4.74 Å². The normalized spacial score (nSPS) is 11.3. The number of benzene rings is 1. The number of hydrogen-bond donors (Lipinski definition) is 0. The van der Waals surface area contributed by atoms with Crippen molar-refractivity contribution in [2.24, 2.45) is 0 Å². The number of carbonyl (C=O) groups excluding carboxylic acids is 1. The maximum atomic E-state index is 12.0. The van der Waals surface area contributed by atoms with Crippen LogP contribution in [0.2, 0.25) is 0 Å². The molecule has 6 heteroatoms. The SMILES string of the molecule is C=CCOC(=O)c1cc2ccccc2nc1C(Cl)(Cl)Cl. The van der Waals surface area contributed by atoms with Crippen molar-refractivity contribution in [2.75, 3.05) is 6.61 Å². The van der Waals surface area contributed by atoms with E-state index in [0.29, 0.717) is 5.52 Å². The zero-order chi connectivity index (χ0) is 14.8. The molecule has 0 atom stereocenters. The van der Waals surface area contributed by atoms with Gasteiger partial charge in [-0.15, -0.1) is 0 Å². The number of carbonyl (C=O) groups is 1. The third-order valence-electron chi connectivity index (χ3n) is 2.54. The molecule has 0 aliphatic carbocycles. The first-order valence-corrected chi connectivity index (χ1v) is 6.82. The number of pyridine rings is 1. The molecule has 0 amide bonds. The summed E-state index contributed by atoms with van der Waals surface area (Å²) < 4.78 is 3.18. The van der Waals surface area contributed by atoms with Crippen molar-refractivity contribution in [3.8, 4) is 0 Å². The van der Waals surface area contributed by atoms with E-state index in [1.165, 1.54) is 6.08 Å². The molecule has 1 aromatic heterocycles. The van der Waals surface area contributed by atoms with Gasteiger partial charge in [0.15, 0.2) is 0 Å². The van der Waals surface area contributed by atoms with Crippen molar-refractivity contribution in [3.63, 3.8) is 0 Å². The van der Waals surface area contributed by atoms with Gasteiger partial charge in [0, 0.05) is 5.39 Å². The van der Waals surface area contributed by atoms with Gasteiger partial charge in [-0.25, -0.2) is 9.78 Å². The maximum absolute atomic E-state index is 12.0. The van der Waals surface area contributed by atoms with Gasteiger partial charge in [0.1, 0.15) is 12.3 Å². The van der Waals surface area contributed by atoms with E-state index in [2.05, 4.69) is 11.6 Å². The Morgan fingerprint density at radius 1 is 1.35 bits per heavy atom. The molecule has 2 rings (SSSR count). The Morgan fingerprint density at radius 3 is 2.70 bits per heavy atom. The summed E-state index contributed by atoms with van der Waals surface area (Å²) in [4.78, 5) is 16.3. The molecule has 20 heavy (non-hydrogen) atoms. The zero-order valence-corrected chi connectivity index (χ0v) is 12.5. The molecule has 3 nitrogen and oxygen atoms in total. The standard InChI is InChI=1S/C14H10Cl3NO2/c1-2-7-20-13(19)10-8-9-5-3-4-6-11(9)18-12(10)14(15,16)17/h2-6,8H,1,7H2. The number of halogens is 3. The average Bonchev–Trinajstić information content (AvgIpc) is 2.42. The average molecular weight is 331 g/mol. The number of alkyl halides is 3. The molecule has 0 fully saturated rings. The number of para-hydroxylation sites is 1. The number of aromatic nitrogens is 1. The Hall–Kier alpha value is -1.29. The molecule has 0 saturated carbocycles. The van der Waals surface area contributed by atoms with Crippen LogP contribution in [0.5, 0.6) is 0 Å². The van der Waals surface area contributed by atoms with Gasteiger partial charge in [0.25, 0.3) is 0 Å². The Bertz CT molecular complexity index is 665. The zero-order valence-electron chi connectivity index (χ0n) is 10.3. The second-order valence-electron chi connectivity index (χ2n) is 3.96. The number of ether oxygens (including phenoxy) is 1. The van der Waals surface area contributed by atoms with Crippen LogP contribution in [-0.4, -0.2) is 17.6 Å². The number of nitrogens with zero attached hydrogens (tertiary/aromatic N) is 1. The molecule has 0 aliphatic heterocycles. The van der Waals surface area contributed by atoms with Crippen molar-refractivity contribution < 1.29 is 9.53 Å². The van der Waals surface area contributed by atoms with Gasteiger partial charge in [0.05, 0.1) is 11.1 Å². The van der Waals surface area contributed by atoms with Gasteiger partial charge in [0.2, 0.25) is 3.79 Å². The summed E-state index contributed by atoms with van der Waals surface area (Å²) in [5.41, 5.74) is 0.815. The highest BCUT2D eigenvalue weighted by Crippen LogP contribution is 2.40. The Labute approximate surface area is 131 Å². The minimum absolute atomic E-state index is 0.0512. The van der Waals surface area contributed by atoms with E-state index >= 15 is 0 Å². The molecule has 0 radical (unpaired) electrons. The molecule has 0 aliphatic rings. The molecule has 2 aromatic rings. The van der Waals surface area contributed by atoms with Crippen LogP contribution in [0.25, 0.3) is 10.9 Å². The Kier molecular flexibility index (Phi) is 4.53. The number of fused-ring (bicyclic) bond motifs is 1. The third-order valence-corrected chi connectivity index (χ3v) is 3.08. The van der Waals surface area contributed by atoms with Gasteiger partial charge in [-0.05, 0) is 12.1 Å². The van der Waals surface area contributed by atoms with E-state index in [1.54, 1.807) is 12.1 Å². The molecule has 1 heterocycles. The third kappa shape index (κ3) is 3.23. The van der Waals surface area contributed by atoms with E-state index in [9.17, 15) is 4.79 Å². The fourth-order valence-corrected chi connectivity index (χ4v) is 2.13. The lowest BCUT2D eigenvalue weighted by Crippen LogP contribution is -2.15. The summed E-state index contributed by atoms with van der Waals surface area (Å²) in [6.07, 6.45) is 1.46. The minimum atomic E-state index is -1.81. The van der Waals surface area contributed by atoms with Crippen LogP contribution in [0.4, 0.5) is 0 Å². The predicted molar refractivity (Wildman–Crippen MR) is 81.5 cm³/mol. The lowest BCUT2D eigenvalue weighted by Gasteiger charge is -2.15. The van der Waals surface area contributed by atoms with E-state index in [1.807, 2.05) is 18.2 Å². The molecular formula is C14H10Cl3NO2. The van der Waals surface area contributed by atoms with Crippen LogP contribution in [0.1, 0.15) is 16.1 Å². The van der Waals surface area contributed by atoms with Crippen LogP contribution in [0.3, 0.4) is 0 Å². The van der Waals surface area contributed by atoms with Crippen LogP contribution in [0.15, 0.2) is 43.0 Å². The highest BCUT2D eigenvalue weighted by Gasteiger charge is 2.31. The second kappa shape index (κ2) is 6.00. The number of esters is 1. The highest BCUT2D eigenvalue weighted by atomic mass is 35.6. The summed E-state index contributed by atoms with van der Waals surface area (Å²) >= 11 is 17.6. The quantitative estimate of drug-likeness (QED) is 0.475. The van der Waals surface area contributed by atoms with Crippen molar-refractivity contribution >= 4 is 51.7 Å². The number of hydrogen-bond acceptors (Lipinski definition) is 3. The summed E-state index contributed by atoms with van der Waals surface area (Å²) in [6.45, 7) is 3.55. The minimum Gasteiger partial charge on any atom is -0.458 e. The maximum Gasteiger partial charge on any atom is 0.340 e. The molecular weight excluding hydrogens is 321 g/mol. The molecule has 0 N–H and O–H groups in total. The Morgan fingerprint density at radius 2 is 2.05 bits per heavy atom. The lowest BCUT2D eigenvalue weighted by atomic mass is 10.1.